The SMILES string of the molecule is C=C1C2=C(C)[C@](O)(CC(C)C(C)N)[C@H]([C@@H](CO)N(C)C)C[C@@H]2Cc2c(N(C)C)cc(CNCC(C)CC)c(C)c21. The number of allylic oxidation sites excluding steroid dienone is 2. The molecule has 40 heavy (non-hydrogen) atoms. The first-order chi connectivity index (χ1) is 18.7. The number of benzene rings is 1. The molecule has 0 aromatic heterocycles. The predicted molar refractivity (Wildman–Crippen MR) is 171 cm³/mol. The smallest absolute Gasteiger partial charge is 0.0907 e. The van der Waals surface area contributed by atoms with Crippen molar-refractivity contribution in [3.8, 4) is 0 Å². The Balaban J connectivity index is 2.18. The van der Waals surface area contributed by atoms with Crippen LogP contribution in [0.4, 0.5) is 5.69 Å². The highest BCUT2D eigenvalue weighted by Gasteiger charge is 2.51. The van der Waals surface area contributed by atoms with E-state index in [9.17, 15) is 10.2 Å². The second kappa shape index (κ2) is 13.1. The lowest BCUT2D eigenvalue weighted by Crippen LogP contribution is -2.56. The minimum Gasteiger partial charge on any atom is -0.395 e. The number of aliphatic hydroxyl groups is 2. The van der Waals surface area contributed by atoms with Crippen LogP contribution >= 0.6 is 0 Å². The Morgan fingerprint density at radius 3 is 2.35 bits per heavy atom. The number of nitrogens with two attached hydrogens (primary N) is 1. The van der Waals surface area contributed by atoms with Crippen LogP contribution in [0.1, 0.15) is 76.1 Å². The zero-order valence-electron chi connectivity index (χ0n) is 27.1. The number of anilines is 1. The molecule has 3 rings (SSSR count). The van der Waals surface area contributed by atoms with Gasteiger partial charge in [-0.2, -0.15) is 0 Å². The Labute approximate surface area is 244 Å². The molecule has 6 heteroatoms. The van der Waals surface area contributed by atoms with E-state index in [1.807, 2.05) is 21.0 Å². The molecule has 7 atom stereocenters. The fourth-order valence-corrected chi connectivity index (χ4v) is 7.25. The minimum atomic E-state index is -1.06. The third-order valence-electron chi connectivity index (χ3n) is 10.3. The maximum absolute atomic E-state index is 12.6. The molecular formula is C34H58N4O2. The molecule has 2 aliphatic rings. The summed E-state index contributed by atoms with van der Waals surface area (Å²) in [5.74, 6) is 0.920. The van der Waals surface area contributed by atoms with Crippen molar-refractivity contribution in [3.63, 3.8) is 0 Å². The molecule has 0 aliphatic heterocycles. The van der Waals surface area contributed by atoms with Gasteiger partial charge in [0.1, 0.15) is 0 Å². The number of nitrogens with one attached hydrogen (secondary N) is 1. The van der Waals surface area contributed by atoms with Crippen LogP contribution in [0.2, 0.25) is 0 Å². The van der Waals surface area contributed by atoms with Crippen LogP contribution in [0.15, 0.2) is 23.8 Å². The van der Waals surface area contributed by atoms with E-state index in [0.29, 0.717) is 12.3 Å². The van der Waals surface area contributed by atoms with Crippen LogP contribution < -0.4 is 16.0 Å². The summed E-state index contributed by atoms with van der Waals surface area (Å²) < 4.78 is 0. The van der Waals surface area contributed by atoms with Gasteiger partial charge in [0.25, 0.3) is 0 Å². The lowest BCUT2D eigenvalue weighted by Gasteiger charge is -2.52. The highest BCUT2D eigenvalue weighted by Crippen LogP contribution is 2.55. The van der Waals surface area contributed by atoms with Crippen molar-refractivity contribution in [3.05, 3.63) is 46.0 Å². The van der Waals surface area contributed by atoms with Gasteiger partial charge in [0.05, 0.1) is 12.2 Å². The summed E-state index contributed by atoms with van der Waals surface area (Å²) in [5, 5.41) is 26.8. The summed E-state index contributed by atoms with van der Waals surface area (Å²) in [6.07, 6.45) is 3.46. The van der Waals surface area contributed by atoms with Crippen molar-refractivity contribution < 1.29 is 10.2 Å². The molecular weight excluding hydrogens is 496 g/mol. The van der Waals surface area contributed by atoms with Crippen LogP contribution in [-0.4, -0.2) is 74.1 Å². The lowest BCUT2D eigenvalue weighted by molar-refractivity contribution is -0.0638. The van der Waals surface area contributed by atoms with Crippen molar-refractivity contribution in [1.82, 2.24) is 10.2 Å². The van der Waals surface area contributed by atoms with E-state index in [-0.39, 0.29) is 36.4 Å². The van der Waals surface area contributed by atoms with Gasteiger partial charge in [-0.05, 0) is 123 Å². The van der Waals surface area contributed by atoms with Gasteiger partial charge in [-0.25, -0.2) is 0 Å². The van der Waals surface area contributed by atoms with E-state index in [2.05, 4.69) is 69.9 Å². The summed E-state index contributed by atoms with van der Waals surface area (Å²) in [5.41, 5.74) is 15.0. The standard InChI is InChI=1S/C34H58N4O2/c1-12-20(2)17-36-18-27-15-30(37(8)9)28-13-26-14-29(31(19-39)38(10)11)34(40,16-21(3)25(7)35)24(6)33(26)23(5)32(28)22(27)4/h15,20-21,25-26,29,31,36,39-40H,5,12-14,16-19,35H2,1-4,6-11H3/t20?,21?,25?,26-,29-,31+,34+/m0/s1. The van der Waals surface area contributed by atoms with E-state index in [0.717, 1.165) is 37.1 Å². The number of nitrogens with zero attached hydrogens (tertiary/aromatic N) is 2. The molecule has 0 heterocycles. The molecule has 1 aromatic rings. The Morgan fingerprint density at radius 1 is 1.18 bits per heavy atom. The van der Waals surface area contributed by atoms with E-state index in [4.69, 9.17) is 12.3 Å². The van der Waals surface area contributed by atoms with Crippen molar-refractivity contribution in [2.75, 3.05) is 46.2 Å². The molecule has 0 amide bonds. The molecule has 0 radical (unpaired) electrons. The first-order valence-corrected chi connectivity index (χ1v) is 15.4. The third-order valence-corrected chi connectivity index (χ3v) is 10.3. The molecule has 0 fully saturated rings. The molecule has 3 unspecified atom stereocenters. The highest BCUT2D eigenvalue weighted by molar-refractivity contribution is 5.88. The molecule has 0 bridgehead atoms. The predicted octanol–water partition coefficient (Wildman–Crippen LogP) is 4.75. The van der Waals surface area contributed by atoms with E-state index in [1.54, 1.807) is 0 Å². The summed E-state index contributed by atoms with van der Waals surface area (Å²) in [7, 11) is 8.27. The summed E-state index contributed by atoms with van der Waals surface area (Å²) in [6.45, 7) is 19.6. The van der Waals surface area contributed by atoms with Crippen molar-refractivity contribution >= 4 is 11.3 Å². The second-order valence-electron chi connectivity index (χ2n) is 13.5. The maximum atomic E-state index is 12.6. The van der Waals surface area contributed by atoms with Gasteiger partial charge in [-0.15, -0.1) is 0 Å². The van der Waals surface area contributed by atoms with Crippen LogP contribution in [0.5, 0.6) is 0 Å². The average molecular weight is 555 g/mol. The fraction of sp³-hybridized carbons (Fsp3) is 0.706. The zero-order valence-corrected chi connectivity index (χ0v) is 27.1. The zero-order chi connectivity index (χ0) is 30.1. The number of hydrogen-bond donors (Lipinski definition) is 4. The van der Waals surface area contributed by atoms with Gasteiger partial charge in [0.15, 0.2) is 0 Å². The minimum absolute atomic E-state index is 0.00840. The molecule has 0 spiro atoms. The van der Waals surface area contributed by atoms with E-state index >= 15 is 0 Å². The first kappa shape index (κ1) is 32.8. The number of likely N-dealkylation sites (N-methyl/N-ethyl adjacent to an activating group) is 1. The van der Waals surface area contributed by atoms with Crippen molar-refractivity contribution in [1.29, 1.82) is 0 Å². The van der Waals surface area contributed by atoms with Gasteiger partial charge in [-0.1, -0.05) is 33.8 Å². The average Bonchev–Trinajstić information content (AvgIpc) is 2.87. The second-order valence-corrected chi connectivity index (χ2v) is 13.5. The third kappa shape index (κ3) is 6.22. The highest BCUT2D eigenvalue weighted by atomic mass is 16.3. The van der Waals surface area contributed by atoms with Gasteiger partial charge >= 0.3 is 0 Å². The summed E-state index contributed by atoms with van der Waals surface area (Å²) >= 11 is 0. The van der Waals surface area contributed by atoms with Crippen LogP contribution in [-0.2, 0) is 13.0 Å². The number of aliphatic hydroxyl groups excluding tert-OH is 1. The topological polar surface area (TPSA) is 85.0 Å². The van der Waals surface area contributed by atoms with Gasteiger partial charge < -0.3 is 31.1 Å². The normalized spacial score (nSPS) is 25.9. The number of rotatable bonds is 12. The fourth-order valence-electron chi connectivity index (χ4n) is 7.25. The van der Waals surface area contributed by atoms with E-state index in [1.165, 1.54) is 39.9 Å². The Hall–Kier alpha value is -1.70. The Kier molecular flexibility index (Phi) is 10.7. The van der Waals surface area contributed by atoms with Gasteiger partial charge in [-0.3, -0.25) is 0 Å². The molecule has 0 saturated heterocycles. The number of fused-ring (bicyclic) bond motifs is 2. The number of hydrogen-bond acceptors (Lipinski definition) is 6. The first-order valence-electron chi connectivity index (χ1n) is 15.4. The summed E-state index contributed by atoms with van der Waals surface area (Å²) in [4.78, 5) is 4.31. The largest absolute Gasteiger partial charge is 0.395 e. The quantitative estimate of drug-likeness (QED) is 0.299. The summed E-state index contributed by atoms with van der Waals surface area (Å²) in [6, 6.07) is 2.19. The van der Waals surface area contributed by atoms with Crippen molar-refractivity contribution in [2.24, 2.45) is 29.4 Å². The molecule has 1 aromatic carbocycles. The molecule has 6 nitrogen and oxygen atoms in total. The molecule has 5 N–H and O–H groups in total. The Bertz CT molecular complexity index is 1090. The van der Waals surface area contributed by atoms with E-state index < -0.39 is 5.60 Å². The van der Waals surface area contributed by atoms with Crippen molar-refractivity contribution in [2.45, 2.75) is 91.5 Å². The molecule has 2 aliphatic carbocycles. The Morgan fingerprint density at radius 2 is 1.82 bits per heavy atom. The molecule has 0 saturated carbocycles. The van der Waals surface area contributed by atoms with Crippen LogP contribution in [0.3, 0.4) is 0 Å². The van der Waals surface area contributed by atoms with Crippen LogP contribution in [0.25, 0.3) is 5.57 Å². The maximum Gasteiger partial charge on any atom is 0.0907 e. The van der Waals surface area contributed by atoms with Gasteiger partial charge in [0, 0.05) is 44.3 Å². The van der Waals surface area contributed by atoms with Gasteiger partial charge in [0.2, 0.25) is 0 Å². The monoisotopic (exact) mass is 554 g/mol. The lowest BCUT2D eigenvalue weighted by atomic mass is 9.58. The van der Waals surface area contributed by atoms with Crippen LogP contribution in [0, 0.1) is 30.6 Å². The molecule has 226 valence electrons.